The van der Waals surface area contributed by atoms with Crippen molar-refractivity contribution in [3.63, 3.8) is 0 Å². The molecule has 0 N–H and O–H groups in total. The number of halogens is 1. The van der Waals surface area contributed by atoms with Gasteiger partial charge in [-0.05, 0) is 56.4 Å². The van der Waals surface area contributed by atoms with E-state index in [2.05, 4.69) is 0 Å². The zero-order valence-electron chi connectivity index (χ0n) is 17.5. The number of hydrogen-bond donors (Lipinski definition) is 0. The minimum absolute atomic E-state index is 0.0115. The number of hydrogen-bond acceptors (Lipinski definition) is 5. The second kappa shape index (κ2) is 13.2. The van der Waals surface area contributed by atoms with Crippen molar-refractivity contribution in [2.45, 2.75) is 51.5 Å². The van der Waals surface area contributed by atoms with Crippen LogP contribution in [-0.4, -0.2) is 55.0 Å². The van der Waals surface area contributed by atoms with E-state index >= 15 is 0 Å². The van der Waals surface area contributed by atoms with E-state index in [0.717, 1.165) is 31.2 Å². The quantitative estimate of drug-likeness (QED) is 0.284. The maximum Gasteiger partial charge on any atom is 0.332 e. The third kappa shape index (κ3) is 8.67. The zero-order chi connectivity index (χ0) is 21.8. The number of amides is 1. The van der Waals surface area contributed by atoms with Crippen LogP contribution in [-0.2, 0) is 30.3 Å². The van der Waals surface area contributed by atoms with Crippen molar-refractivity contribution in [1.82, 2.24) is 4.90 Å². The maximum atomic E-state index is 12.4. The lowest BCUT2D eigenvalue weighted by atomic mass is 9.99. The first kappa shape index (κ1) is 24.1. The first-order valence-corrected chi connectivity index (χ1v) is 10.9. The molecule has 1 heterocycles. The molecule has 1 fully saturated rings. The van der Waals surface area contributed by atoms with E-state index in [1.807, 2.05) is 23.1 Å². The number of carbonyl (C=O) groups excluding carboxylic acids is 3. The Bertz CT molecular complexity index is 749. The fourth-order valence-corrected chi connectivity index (χ4v) is 3.62. The highest BCUT2D eigenvalue weighted by Crippen LogP contribution is 2.20. The molecule has 0 saturated carbocycles. The maximum absolute atomic E-state index is 12.4. The third-order valence-corrected chi connectivity index (χ3v) is 5.08. The standard InChI is InChI=1S/C23H30ClNO5/c1-2-30-23(28)17-29-14-4-3-13-25-20(9-6-10-22(25)27)11-12-21(26)16-18-7-5-8-19(24)15-18/h5,7-8,11-12,15,20H,2-4,6,9-10,13-14,16-17H2,1H3/t20-/m1/s1. The minimum atomic E-state index is -0.364. The molecule has 6 nitrogen and oxygen atoms in total. The molecule has 7 heteroatoms. The van der Waals surface area contributed by atoms with Gasteiger partial charge in [-0.25, -0.2) is 4.79 Å². The van der Waals surface area contributed by atoms with Crippen LogP contribution in [0.25, 0.3) is 0 Å². The van der Waals surface area contributed by atoms with Gasteiger partial charge in [-0.1, -0.05) is 29.8 Å². The van der Waals surface area contributed by atoms with Gasteiger partial charge in [-0.2, -0.15) is 0 Å². The fraction of sp³-hybridized carbons (Fsp3) is 0.522. The van der Waals surface area contributed by atoms with Gasteiger partial charge in [0.2, 0.25) is 5.91 Å². The molecule has 0 aliphatic carbocycles. The van der Waals surface area contributed by atoms with Gasteiger partial charge in [0.15, 0.2) is 5.78 Å². The first-order valence-electron chi connectivity index (χ1n) is 10.5. The van der Waals surface area contributed by atoms with Crippen LogP contribution in [0.3, 0.4) is 0 Å². The van der Waals surface area contributed by atoms with Crippen LogP contribution in [0.5, 0.6) is 0 Å². The SMILES string of the molecule is CCOC(=O)COCCCCN1C(=O)CCC[C@@H]1C=CC(=O)Cc1cccc(Cl)c1. The number of piperidine rings is 1. The van der Waals surface area contributed by atoms with Crippen molar-refractivity contribution < 1.29 is 23.9 Å². The monoisotopic (exact) mass is 435 g/mol. The molecule has 164 valence electrons. The molecule has 0 aromatic heterocycles. The first-order chi connectivity index (χ1) is 14.5. The molecule has 0 radical (unpaired) electrons. The molecule has 0 bridgehead atoms. The normalized spacial score (nSPS) is 16.8. The molecule has 1 aliphatic heterocycles. The van der Waals surface area contributed by atoms with Gasteiger partial charge < -0.3 is 14.4 Å². The number of rotatable bonds is 12. The summed E-state index contributed by atoms with van der Waals surface area (Å²) in [6.07, 6.45) is 7.46. The third-order valence-electron chi connectivity index (χ3n) is 4.85. The average molecular weight is 436 g/mol. The van der Waals surface area contributed by atoms with Crippen molar-refractivity contribution in [3.05, 3.63) is 47.0 Å². The molecule has 1 aromatic rings. The highest BCUT2D eigenvalue weighted by molar-refractivity contribution is 6.30. The molecule has 1 atom stereocenters. The molecule has 0 unspecified atom stereocenters. The molecule has 1 amide bonds. The van der Waals surface area contributed by atoms with Crippen LogP contribution in [0.2, 0.25) is 5.02 Å². The Morgan fingerprint density at radius 3 is 2.90 bits per heavy atom. The van der Waals surface area contributed by atoms with Gasteiger partial charge in [-0.15, -0.1) is 0 Å². The summed E-state index contributed by atoms with van der Waals surface area (Å²) in [5.74, 6) is -0.260. The lowest BCUT2D eigenvalue weighted by Crippen LogP contribution is -2.43. The predicted octanol–water partition coefficient (Wildman–Crippen LogP) is 3.75. The molecule has 1 aromatic carbocycles. The fourth-order valence-electron chi connectivity index (χ4n) is 3.41. The van der Waals surface area contributed by atoms with Crippen molar-refractivity contribution in [1.29, 1.82) is 0 Å². The van der Waals surface area contributed by atoms with E-state index in [4.69, 9.17) is 21.1 Å². The summed E-state index contributed by atoms with van der Waals surface area (Å²) in [7, 11) is 0. The van der Waals surface area contributed by atoms with Gasteiger partial charge in [0.05, 0.1) is 12.6 Å². The number of unbranched alkanes of at least 4 members (excludes halogenated alkanes) is 1. The number of ketones is 1. The predicted molar refractivity (Wildman–Crippen MR) is 115 cm³/mol. The summed E-state index contributed by atoms with van der Waals surface area (Å²) in [5.41, 5.74) is 0.872. The molecule has 1 saturated heterocycles. The molecule has 1 aliphatic rings. The van der Waals surface area contributed by atoms with E-state index in [1.54, 1.807) is 25.1 Å². The number of benzene rings is 1. The summed E-state index contributed by atoms with van der Waals surface area (Å²) < 4.78 is 10.1. The van der Waals surface area contributed by atoms with Crippen molar-refractivity contribution >= 4 is 29.3 Å². The molecule has 2 rings (SSSR count). The van der Waals surface area contributed by atoms with Crippen LogP contribution in [0.1, 0.15) is 44.6 Å². The molecule has 0 spiro atoms. The molecule has 30 heavy (non-hydrogen) atoms. The van der Waals surface area contributed by atoms with E-state index in [0.29, 0.717) is 31.2 Å². The van der Waals surface area contributed by atoms with E-state index in [1.165, 1.54) is 0 Å². The largest absolute Gasteiger partial charge is 0.464 e. The Morgan fingerprint density at radius 1 is 1.30 bits per heavy atom. The van der Waals surface area contributed by atoms with Crippen molar-refractivity contribution in [2.75, 3.05) is 26.4 Å². The Balaban J connectivity index is 1.77. The number of nitrogens with zero attached hydrogens (tertiary/aromatic N) is 1. The van der Waals surface area contributed by atoms with E-state index in [9.17, 15) is 14.4 Å². The van der Waals surface area contributed by atoms with Gasteiger partial charge in [-0.3, -0.25) is 9.59 Å². The Morgan fingerprint density at radius 2 is 2.13 bits per heavy atom. The van der Waals surface area contributed by atoms with E-state index in [-0.39, 0.29) is 36.7 Å². The summed E-state index contributed by atoms with van der Waals surface area (Å²) in [6.45, 7) is 3.11. The number of ether oxygens (including phenoxy) is 2. The van der Waals surface area contributed by atoms with E-state index < -0.39 is 0 Å². The van der Waals surface area contributed by atoms with Gasteiger partial charge >= 0.3 is 5.97 Å². The second-order valence-corrected chi connectivity index (χ2v) is 7.68. The lowest BCUT2D eigenvalue weighted by Gasteiger charge is -2.34. The van der Waals surface area contributed by atoms with Gasteiger partial charge in [0, 0.05) is 31.0 Å². The smallest absolute Gasteiger partial charge is 0.332 e. The average Bonchev–Trinajstić information content (AvgIpc) is 2.70. The summed E-state index contributed by atoms with van der Waals surface area (Å²) in [5, 5.41) is 0.611. The molecular weight excluding hydrogens is 406 g/mol. The van der Waals surface area contributed by atoms with Gasteiger partial charge in [0.1, 0.15) is 6.61 Å². The van der Waals surface area contributed by atoms with Crippen LogP contribution >= 0.6 is 11.6 Å². The Labute approximate surface area is 183 Å². The topological polar surface area (TPSA) is 72.9 Å². The Kier molecular flexibility index (Phi) is 10.6. The summed E-state index contributed by atoms with van der Waals surface area (Å²) in [6, 6.07) is 7.20. The van der Waals surface area contributed by atoms with Gasteiger partial charge in [0.25, 0.3) is 0 Å². The van der Waals surface area contributed by atoms with Crippen LogP contribution in [0.15, 0.2) is 36.4 Å². The summed E-state index contributed by atoms with van der Waals surface area (Å²) >= 11 is 5.97. The Hall–Kier alpha value is -2.18. The van der Waals surface area contributed by atoms with Crippen molar-refractivity contribution in [2.24, 2.45) is 0 Å². The van der Waals surface area contributed by atoms with Crippen LogP contribution in [0.4, 0.5) is 0 Å². The number of likely N-dealkylation sites (tertiary alicyclic amines) is 1. The molecular formula is C23H30ClNO5. The number of allylic oxidation sites excluding steroid dienone is 1. The lowest BCUT2D eigenvalue weighted by molar-refractivity contribution is -0.148. The minimum Gasteiger partial charge on any atom is -0.464 e. The van der Waals surface area contributed by atoms with Crippen LogP contribution < -0.4 is 0 Å². The summed E-state index contributed by atoms with van der Waals surface area (Å²) in [4.78, 5) is 37.7. The van der Waals surface area contributed by atoms with Crippen molar-refractivity contribution in [3.8, 4) is 0 Å². The highest BCUT2D eigenvalue weighted by Gasteiger charge is 2.25. The number of esters is 1. The number of carbonyl (C=O) groups is 3. The highest BCUT2D eigenvalue weighted by atomic mass is 35.5. The van der Waals surface area contributed by atoms with Crippen LogP contribution in [0, 0.1) is 0 Å². The second-order valence-electron chi connectivity index (χ2n) is 7.24. The zero-order valence-corrected chi connectivity index (χ0v) is 18.2.